The van der Waals surface area contributed by atoms with Gasteiger partial charge in [-0.05, 0) is 12.1 Å². The first-order valence-corrected chi connectivity index (χ1v) is 6.35. The number of hydrogen-bond donors (Lipinski definition) is 3. The molecule has 0 unspecified atom stereocenters. The quantitative estimate of drug-likeness (QED) is 0.798. The van der Waals surface area contributed by atoms with E-state index in [-0.39, 0.29) is 11.3 Å². The van der Waals surface area contributed by atoms with Gasteiger partial charge in [0.1, 0.15) is 0 Å². The number of carboxylic acid groups (broad SMARTS) is 1. The Hall–Kier alpha value is -2.41. The van der Waals surface area contributed by atoms with Gasteiger partial charge in [0.05, 0.1) is 29.0 Å². The number of nitrogens with zero attached hydrogens (tertiary/aromatic N) is 1. The zero-order valence-corrected chi connectivity index (χ0v) is 10.6. The van der Waals surface area contributed by atoms with Crippen LogP contribution in [0.15, 0.2) is 35.2 Å². The van der Waals surface area contributed by atoms with Gasteiger partial charge in [0.2, 0.25) is 0 Å². The predicted octanol–water partition coefficient (Wildman–Crippen LogP) is 2.16. The zero-order valence-electron chi connectivity index (χ0n) is 9.79. The van der Waals surface area contributed by atoms with E-state index in [1.165, 1.54) is 23.5 Å². The Balaban J connectivity index is 1.97. The second kappa shape index (κ2) is 5.96. The van der Waals surface area contributed by atoms with E-state index in [4.69, 9.17) is 5.11 Å². The number of aromatic nitrogens is 1. The molecular formula is C12H11N3O3S. The Labute approximate surface area is 113 Å². The summed E-state index contributed by atoms with van der Waals surface area (Å²) in [6, 6.07) is 5.75. The zero-order chi connectivity index (χ0) is 13.7. The average Bonchev–Trinajstić information content (AvgIpc) is 2.90. The second-order valence-electron chi connectivity index (χ2n) is 3.64. The van der Waals surface area contributed by atoms with Gasteiger partial charge < -0.3 is 15.7 Å². The maximum Gasteiger partial charge on any atom is 0.337 e. The van der Waals surface area contributed by atoms with E-state index in [1.54, 1.807) is 17.6 Å². The molecule has 0 radical (unpaired) electrons. The first-order chi connectivity index (χ1) is 9.16. The van der Waals surface area contributed by atoms with Gasteiger partial charge in [-0.2, -0.15) is 0 Å². The molecule has 6 nitrogen and oxygen atoms in total. The Kier molecular flexibility index (Phi) is 4.09. The van der Waals surface area contributed by atoms with Crippen LogP contribution in [0.1, 0.15) is 16.1 Å². The molecule has 1 aromatic heterocycles. The van der Waals surface area contributed by atoms with Crippen LogP contribution in [0.5, 0.6) is 0 Å². The molecule has 2 rings (SSSR count). The average molecular weight is 277 g/mol. The van der Waals surface area contributed by atoms with Crippen LogP contribution >= 0.6 is 11.3 Å². The molecule has 0 fully saturated rings. The number of carboxylic acids is 1. The minimum atomic E-state index is -1.09. The highest BCUT2D eigenvalue weighted by Crippen LogP contribution is 2.14. The second-order valence-corrected chi connectivity index (χ2v) is 4.36. The largest absolute Gasteiger partial charge is 0.478 e. The summed E-state index contributed by atoms with van der Waals surface area (Å²) >= 11 is 1.44. The molecule has 0 aliphatic rings. The van der Waals surface area contributed by atoms with Crippen molar-refractivity contribution in [1.82, 2.24) is 10.3 Å². The Morgan fingerprint density at radius 3 is 2.79 bits per heavy atom. The van der Waals surface area contributed by atoms with Gasteiger partial charge in [-0.3, -0.25) is 0 Å². The summed E-state index contributed by atoms with van der Waals surface area (Å²) < 4.78 is 0. The Bertz CT molecular complexity index is 584. The van der Waals surface area contributed by atoms with Crippen LogP contribution in [-0.4, -0.2) is 22.1 Å². The molecule has 7 heteroatoms. The molecule has 0 saturated heterocycles. The van der Waals surface area contributed by atoms with Crippen LogP contribution in [0.3, 0.4) is 0 Å². The molecule has 3 N–H and O–H groups in total. The summed E-state index contributed by atoms with van der Waals surface area (Å²) in [7, 11) is 0. The fourth-order valence-electron chi connectivity index (χ4n) is 1.44. The molecule has 98 valence electrons. The molecule has 1 heterocycles. The van der Waals surface area contributed by atoms with Gasteiger partial charge >= 0.3 is 12.0 Å². The van der Waals surface area contributed by atoms with Crippen LogP contribution in [0.4, 0.5) is 10.5 Å². The van der Waals surface area contributed by atoms with Gasteiger partial charge in [0.25, 0.3) is 0 Å². The van der Waals surface area contributed by atoms with Crippen molar-refractivity contribution in [3.63, 3.8) is 0 Å². The lowest BCUT2D eigenvalue weighted by molar-refractivity contribution is 0.0698. The third-order valence-electron chi connectivity index (χ3n) is 2.32. The number of carbonyl (C=O) groups excluding carboxylic acids is 1. The van der Waals surface area contributed by atoms with Gasteiger partial charge in [-0.1, -0.05) is 12.1 Å². The highest BCUT2D eigenvalue weighted by atomic mass is 32.1. The number of para-hydroxylation sites is 1. The number of anilines is 1. The molecular weight excluding hydrogens is 266 g/mol. The lowest BCUT2D eigenvalue weighted by Gasteiger charge is -2.08. The number of hydrogen-bond acceptors (Lipinski definition) is 4. The Morgan fingerprint density at radius 2 is 2.11 bits per heavy atom. The lowest BCUT2D eigenvalue weighted by atomic mass is 10.2. The smallest absolute Gasteiger partial charge is 0.337 e. The van der Waals surface area contributed by atoms with E-state index in [0.29, 0.717) is 6.54 Å². The molecule has 0 aliphatic heterocycles. The maximum absolute atomic E-state index is 11.6. The van der Waals surface area contributed by atoms with Crippen molar-refractivity contribution < 1.29 is 14.7 Å². The van der Waals surface area contributed by atoms with Crippen molar-refractivity contribution in [2.75, 3.05) is 5.32 Å². The molecule has 0 spiro atoms. The van der Waals surface area contributed by atoms with Crippen molar-refractivity contribution in [2.45, 2.75) is 6.54 Å². The van der Waals surface area contributed by atoms with Crippen LogP contribution in [0.25, 0.3) is 0 Å². The molecule has 2 aromatic rings. The highest BCUT2D eigenvalue weighted by Gasteiger charge is 2.11. The van der Waals surface area contributed by atoms with E-state index < -0.39 is 12.0 Å². The van der Waals surface area contributed by atoms with Crippen LogP contribution in [0, 0.1) is 0 Å². The summed E-state index contributed by atoms with van der Waals surface area (Å²) in [5, 5.41) is 15.9. The summed E-state index contributed by atoms with van der Waals surface area (Å²) in [4.78, 5) is 26.6. The molecule has 0 saturated carbocycles. The number of benzene rings is 1. The van der Waals surface area contributed by atoms with E-state index in [9.17, 15) is 9.59 Å². The summed E-state index contributed by atoms with van der Waals surface area (Å²) in [5.41, 5.74) is 2.73. The van der Waals surface area contributed by atoms with E-state index >= 15 is 0 Å². The van der Waals surface area contributed by atoms with Crippen molar-refractivity contribution in [2.24, 2.45) is 0 Å². The van der Waals surface area contributed by atoms with Crippen LogP contribution in [-0.2, 0) is 6.54 Å². The normalized spacial score (nSPS) is 9.89. The number of aromatic carboxylic acids is 1. The van der Waals surface area contributed by atoms with Gasteiger partial charge in [0, 0.05) is 5.38 Å². The topological polar surface area (TPSA) is 91.3 Å². The predicted molar refractivity (Wildman–Crippen MR) is 71.4 cm³/mol. The van der Waals surface area contributed by atoms with Crippen molar-refractivity contribution in [1.29, 1.82) is 0 Å². The minimum Gasteiger partial charge on any atom is -0.478 e. The van der Waals surface area contributed by atoms with Gasteiger partial charge in [-0.25, -0.2) is 14.6 Å². The highest BCUT2D eigenvalue weighted by molar-refractivity contribution is 7.07. The number of amides is 2. The molecule has 1 aromatic carbocycles. The third-order valence-corrected chi connectivity index (χ3v) is 2.95. The summed E-state index contributed by atoms with van der Waals surface area (Å²) in [6.07, 6.45) is 0. The first kappa shape index (κ1) is 13.0. The fourth-order valence-corrected chi connectivity index (χ4v) is 2.00. The monoisotopic (exact) mass is 277 g/mol. The van der Waals surface area contributed by atoms with E-state index in [1.807, 2.05) is 5.38 Å². The number of nitrogens with one attached hydrogen (secondary N) is 2. The SMILES string of the molecule is O=C(NCc1cscn1)Nc1ccccc1C(=O)O. The lowest BCUT2D eigenvalue weighted by Crippen LogP contribution is -2.29. The van der Waals surface area contributed by atoms with Gasteiger partial charge in [-0.15, -0.1) is 11.3 Å². The molecule has 19 heavy (non-hydrogen) atoms. The van der Waals surface area contributed by atoms with Gasteiger partial charge in [0.15, 0.2) is 0 Å². The van der Waals surface area contributed by atoms with Crippen LogP contribution < -0.4 is 10.6 Å². The van der Waals surface area contributed by atoms with Crippen LogP contribution in [0.2, 0.25) is 0 Å². The summed E-state index contributed by atoms with van der Waals surface area (Å²) in [5.74, 6) is -1.09. The first-order valence-electron chi connectivity index (χ1n) is 5.41. The Morgan fingerprint density at radius 1 is 1.32 bits per heavy atom. The number of thiazole rings is 1. The van der Waals surface area contributed by atoms with Crippen molar-refractivity contribution >= 4 is 29.0 Å². The van der Waals surface area contributed by atoms with E-state index in [0.717, 1.165) is 5.69 Å². The minimum absolute atomic E-state index is 0.0475. The van der Waals surface area contributed by atoms with Crippen molar-refractivity contribution in [3.8, 4) is 0 Å². The molecule has 0 bridgehead atoms. The number of urea groups is 1. The molecule has 0 atom stereocenters. The maximum atomic E-state index is 11.6. The molecule has 0 aliphatic carbocycles. The number of rotatable bonds is 4. The number of carbonyl (C=O) groups is 2. The standard InChI is InChI=1S/C12H11N3O3S/c16-11(17)9-3-1-2-4-10(9)15-12(18)13-5-8-6-19-7-14-8/h1-4,6-7H,5H2,(H,16,17)(H2,13,15,18). The molecule has 2 amide bonds. The van der Waals surface area contributed by atoms with E-state index in [2.05, 4.69) is 15.6 Å². The third kappa shape index (κ3) is 3.52. The summed E-state index contributed by atoms with van der Waals surface area (Å²) in [6.45, 7) is 0.296. The fraction of sp³-hybridized carbons (Fsp3) is 0.0833. The van der Waals surface area contributed by atoms with Crippen molar-refractivity contribution in [3.05, 3.63) is 46.4 Å².